The second-order valence-corrected chi connectivity index (χ2v) is 7.32. The highest BCUT2D eigenvalue weighted by molar-refractivity contribution is 14.0. The smallest absolute Gasteiger partial charge is 0.228 e. The van der Waals surface area contributed by atoms with E-state index in [4.69, 9.17) is 21.1 Å². The van der Waals surface area contributed by atoms with Crippen LogP contribution in [0.2, 0.25) is 5.02 Å². The monoisotopic (exact) mass is 562 g/mol. The van der Waals surface area contributed by atoms with E-state index in [0.29, 0.717) is 36.2 Å². The minimum atomic E-state index is 0. The summed E-state index contributed by atoms with van der Waals surface area (Å²) >= 11 is 6.04. The highest BCUT2D eigenvalue weighted by atomic mass is 127. The van der Waals surface area contributed by atoms with Gasteiger partial charge in [-0.3, -0.25) is 4.98 Å². The summed E-state index contributed by atoms with van der Waals surface area (Å²) in [5.41, 5.74) is 2.93. The molecule has 0 amide bonds. The van der Waals surface area contributed by atoms with Crippen LogP contribution >= 0.6 is 35.6 Å². The maximum Gasteiger partial charge on any atom is 0.228 e. The molecule has 166 valence electrons. The van der Waals surface area contributed by atoms with Crippen LogP contribution in [0.5, 0.6) is 0 Å². The van der Waals surface area contributed by atoms with Gasteiger partial charge in [-0.05, 0) is 36.8 Å². The molecule has 0 aliphatic rings. The Morgan fingerprint density at radius 3 is 2.81 bits per heavy atom. The molecule has 0 atom stereocenters. The Morgan fingerprint density at radius 2 is 1.97 bits per heavy atom. The zero-order chi connectivity index (χ0) is 21.5. The van der Waals surface area contributed by atoms with Crippen molar-refractivity contribution in [3.05, 3.63) is 77.3 Å². The third-order valence-corrected chi connectivity index (χ3v) is 4.91. The van der Waals surface area contributed by atoms with Gasteiger partial charge in [0.15, 0.2) is 5.96 Å². The lowest BCUT2D eigenvalue weighted by Gasteiger charge is -2.11. The topological polar surface area (TPSA) is 88.2 Å². The van der Waals surface area contributed by atoms with Crippen molar-refractivity contribution in [1.82, 2.24) is 25.8 Å². The predicted molar refractivity (Wildman–Crippen MR) is 138 cm³/mol. The van der Waals surface area contributed by atoms with Gasteiger partial charge in [0.05, 0.1) is 12.1 Å². The quantitative estimate of drug-likeness (QED) is 0.190. The van der Waals surface area contributed by atoms with Gasteiger partial charge in [0, 0.05) is 41.7 Å². The number of aliphatic imine (C=N–C) groups is 1. The van der Waals surface area contributed by atoms with Crippen LogP contribution in [0.25, 0.3) is 22.3 Å². The zero-order valence-corrected chi connectivity index (χ0v) is 20.7. The number of rotatable bonds is 7. The predicted octanol–water partition coefficient (Wildman–Crippen LogP) is 4.85. The van der Waals surface area contributed by atoms with Crippen molar-refractivity contribution in [3.63, 3.8) is 0 Å². The van der Waals surface area contributed by atoms with Crippen LogP contribution in [-0.2, 0) is 13.0 Å². The molecule has 0 saturated carbocycles. The van der Waals surface area contributed by atoms with Crippen LogP contribution in [0.1, 0.15) is 18.4 Å². The Bertz CT molecular complexity index is 1190. The van der Waals surface area contributed by atoms with E-state index < -0.39 is 0 Å². The van der Waals surface area contributed by atoms with Gasteiger partial charge in [-0.1, -0.05) is 47.1 Å². The first-order valence-corrected chi connectivity index (χ1v) is 10.5. The van der Waals surface area contributed by atoms with Crippen LogP contribution in [0, 0.1) is 0 Å². The molecule has 0 unspecified atom stereocenters. The SMILES string of the molecule is CCNC(=NCc1ccnc2ccccc12)NCCc1nc(-c2cccc(Cl)c2)no1.I. The molecule has 0 bridgehead atoms. The Labute approximate surface area is 208 Å². The Morgan fingerprint density at radius 1 is 1.09 bits per heavy atom. The maximum absolute atomic E-state index is 6.04. The van der Waals surface area contributed by atoms with Crippen molar-refractivity contribution in [3.8, 4) is 11.4 Å². The first kappa shape index (κ1) is 23.9. The van der Waals surface area contributed by atoms with Gasteiger partial charge in [-0.15, -0.1) is 24.0 Å². The summed E-state index contributed by atoms with van der Waals surface area (Å²) in [6.45, 7) is 3.97. The lowest BCUT2D eigenvalue weighted by molar-refractivity contribution is 0.378. The summed E-state index contributed by atoms with van der Waals surface area (Å²) in [6.07, 6.45) is 2.40. The second kappa shape index (κ2) is 11.8. The van der Waals surface area contributed by atoms with Crippen LogP contribution in [-0.4, -0.2) is 34.2 Å². The van der Waals surface area contributed by atoms with Crippen molar-refractivity contribution >= 4 is 52.4 Å². The van der Waals surface area contributed by atoms with Gasteiger partial charge in [0.1, 0.15) is 0 Å². The van der Waals surface area contributed by atoms with Gasteiger partial charge in [0.2, 0.25) is 11.7 Å². The van der Waals surface area contributed by atoms with E-state index >= 15 is 0 Å². The molecule has 2 N–H and O–H groups in total. The molecular formula is C23H24ClIN6O. The zero-order valence-electron chi connectivity index (χ0n) is 17.6. The summed E-state index contributed by atoms with van der Waals surface area (Å²) in [6, 6.07) is 17.5. The molecule has 2 aromatic carbocycles. The Balaban J connectivity index is 0.00000289. The minimum Gasteiger partial charge on any atom is -0.357 e. The lowest BCUT2D eigenvalue weighted by atomic mass is 10.1. The fourth-order valence-corrected chi connectivity index (χ4v) is 3.38. The van der Waals surface area contributed by atoms with Crippen LogP contribution < -0.4 is 10.6 Å². The van der Waals surface area contributed by atoms with E-state index in [9.17, 15) is 0 Å². The fraction of sp³-hybridized carbons (Fsp3) is 0.217. The average molecular weight is 563 g/mol. The van der Waals surface area contributed by atoms with Gasteiger partial charge in [-0.25, -0.2) is 4.99 Å². The first-order chi connectivity index (χ1) is 15.2. The highest BCUT2D eigenvalue weighted by Gasteiger charge is 2.09. The molecule has 2 heterocycles. The number of guanidine groups is 1. The van der Waals surface area contributed by atoms with Crippen molar-refractivity contribution in [2.45, 2.75) is 19.9 Å². The number of fused-ring (bicyclic) bond motifs is 1. The molecule has 7 nitrogen and oxygen atoms in total. The second-order valence-electron chi connectivity index (χ2n) is 6.88. The Kier molecular flexibility index (Phi) is 8.81. The van der Waals surface area contributed by atoms with Gasteiger partial charge >= 0.3 is 0 Å². The molecule has 2 aromatic heterocycles. The van der Waals surface area contributed by atoms with Crippen molar-refractivity contribution in [2.24, 2.45) is 4.99 Å². The number of aromatic nitrogens is 3. The third-order valence-electron chi connectivity index (χ3n) is 4.67. The van der Waals surface area contributed by atoms with Crippen LogP contribution in [0.3, 0.4) is 0 Å². The van der Waals surface area contributed by atoms with Crippen molar-refractivity contribution in [2.75, 3.05) is 13.1 Å². The standard InChI is InChI=1S/C23H23ClN6O.HI/c1-2-25-23(28-15-17-10-12-26-20-9-4-3-8-19(17)20)27-13-11-21-29-22(30-31-21)16-6-5-7-18(24)14-16;/h3-10,12,14H,2,11,13,15H2,1H3,(H2,25,27,28);1H. The minimum absolute atomic E-state index is 0. The molecule has 0 radical (unpaired) electrons. The number of halogens is 2. The largest absolute Gasteiger partial charge is 0.357 e. The van der Waals surface area contributed by atoms with E-state index in [1.165, 1.54) is 0 Å². The molecule has 0 aliphatic heterocycles. The molecule has 4 rings (SSSR count). The third kappa shape index (κ3) is 6.17. The van der Waals surface area contributed by atoms with E-state index in [1.54, 1.807) is 0 Å². The molecule has 0 saturated heterocycles. The van der Waals surface area contributed by atoms with E-state index in [-0.39, 0.29) is 24.0 Å². The summed E-state index contributed by atoms with van der Waals surface area (Å²) in [4.78, 5) is 13.6. The van der Waals surface area contributed by atoms with E-state index in [1.807, 2.05) is 61.7 Å². The molecule has 9 heteroatoms. The maximum atomic E-state index is 6.04. The van der Waals surface area contributed by atoms with Gasteiger partial charge < -0.3 is 15.2 Å². The fourth-order valence-electron chi connectivity index (χ4n) is 3.19. The number of nitrogens with zero attached hydrogens (tertiary/aromatic N) is 4. The molecule has 0 fully saturated rings. The van der Waals surface area contributed by atoms with Crippen LogP contribution in [0.4, 0.5) is 0 Å². The molecule has 0 spiro atoms. The summed E-state index contributed by atoms with van der Waals surface area (Å²) in [5, 5.41) is 12.4. The van der Waals surface area contributed by atoms with E-state index in [2.05, 4.69) is 31.8 Å². The summed E-state index contributed by atoms with van der Waals surface area (Å²) in [7, 11) is 0. The molecule has 32 heavy (non-hydrogen) atoms. The number of benzene rings is 2. The normalized spacial score (nSPS) is 11.2. The summed E-state index contributed by atoms with van der Waals surface area (Å²) in [5.74, 6) is 1.82. The number of hydrogen-bond acceptors (Lipinski definition) is 5. The average Bonchev–Trinajstić information content (AvgIpc) is 3.26. The first-order valence-electron chi connectivity index (χ1n) is 10.2. The van der Waals surface area contributed by atoms with Crippen molar-refractivity contribution in [1.29, 1.82) is 0 Å². The summed E-state index contributed by atoms with van der Waals surface area (Å²) < 4.78 is 5.37. The number of hydrogen-bond donors (Lipinski definition) is 2. The van der Waals surface area contributed by atoms with Gasteiger partial charge in [0.25, 0.3) is 0 Å². The molecule has 0 aliphatic carbocycles. The lowest BCUT2D eigenvalue weighted by Crippen LogP contribution is -2.38. The van der Waals surface area contributed by atoms with Crippen molar-refractivity contribution < 1.29 is 4.52 Å². The highest BCUT2D eigenvalue weighted by Crippen LogP contribution is 2.20. The van der Waals surface area contributed by atoms with Gasteiger partial charge in [-0.2, -0.15) is 4.98 Å². The number of para-hydroxylation sites is 1. The van der Waals surface area contributed by atoms with Crippen LogP contribution in [0.15, 0.2) is 70.3 Å². The number of pyridine rings is 1. The Hall–Kier alpha value is -2.72. The molecule has 4 aromatic rings. The molecular weight excluding hydrogens is 539 g/mol. The number of nitrogens with one attached hydrogen (secondary N) is 2. The van der Waals surface area contributed by atoms with E-state index in [0.717, 1.165) is 34.5 Å².